The van der Waals surface area contributed by atoms with E-state index in [-0.39, 0.29) is 11.2 Å². The summed E-state index contributed by atoms with van der Waals surface area (Å²) in [5.41, 5.74) is 2.44. The number of carbonyl (C=O) groups excluding carboxylic acids is 2. The molecule has 0 bridgehead atoms. The molecule has 1 fully saturated rings. The number of H-pyrrole nitrogens is 1. The van der Waals surface area contributed by atoms with Crippen LogP contribution < -0.4 is 26.8 Å². The first-order valence-corrected chi connectivity index (χ1v) is 12.2. The number of fused-ring (bicyclic) bond motifs is 2. The van der Waals surface area contributed by atoms with Gasteiger partial charge in [0.05, 0.1) is 22.8 Å². The largest absolute Gasteiger partial charge is 0.545 e. The number of rotatable bonds is 6. The Hall–Kier alpha value is -3.44. The summed E-state index contributed by atoms with van der Waals surface area (Å²) in [5.74, 6) is -3.09. The molecular formula is C25H24Cl2N4O6-2. The van der Waals surface area contributed by atoms with E-state index in [9.17, 15) is 29.4 Å². The molecule has 2 heterocycles. The number of aromatic nitrogens is 2. The van der Waals surface area contributed by atoms with E-state index in [4.69, 9.17) is 23.2 Å². The number of nitrogens with zero attached hydrogens (tertiary/aromatic N) is 2. The summed E-state index contributed by atoms with van der Waals surface area (Å²) in [5, 5.41) is 24.0. The molecule has 12 heteroatoms. The van der Waals surface area contributed by atoms with Gasteiger partial charge in [-0.2, -0.15) is 0 Å². The van der Waals surface area contributed by atoms with Gasteiger partial charge in [0.2, 0.25) is 0 Å². The van der Waals surface area contributed by atoms with Gasteiger partial charge in [-0.3, -0.25) is 9.36 Å². The van der Waals surface area contributed by atoms with E-state index in [1.165, 1.54) is 15.7 Å². The van der Waals surface area contributed by atoms with Gasteiger partial charge in [-0.15, -0.1) is 0 Å². The molecule has 0 spiro atoms. The predicted octanol–water partition coefficient (Wildman–Crippen LogP) is 0.00130. The molecule has 1 saturated heterocycles. The van der Waals surface area contributed by atoms with Crippen LogP contribution in [0.25, 0.3) is 22.0 Å². The van der Waals surface area contributed by atoms with E-state index in [1.807, 2.05) is 12.1 Å². The SMILES string of the molecule is Clc1ccc2cc1-2.O=C([O-])/C=C\C(=O)[O-].O=c1[nH]c2ccc(Cl)cc2c(=O)n1CCCN1CCNCC1. The van der Waals surface area contributed by atoms with Crippen molar-refractivity contribution in [1.29, 1.82) is 0 Å². The van der Waals surface area contributed by atoms with Crippen molar-refractivity contribution in [3.8, 4) is 11.1 Å². The molecule has 196 valence electrons. The molecule has 37 heavy (non-hydrogen) atoms. The van der Waals surface area contributed by atoms with E-state index in [0.29, 0.717) is 34.6 Å². The summed E-state index contributed by atoms with van der Waals surface area (Å²) in [7, 11) is 0. The number of aromatic amines is 1. The molecular weight excluding hydrogens is 523 g/mol. The number of carboxylic acids is 2. The number of hydrogen-bond donors (Lipinski definition) is 2. The molecule has 0 saturated carbocycles. The maximum absolute atomic E-state index is 12.4. The zero-order valence-corrected chi connectivity index (χ0v) is 21.2. The van der Waals surface area contributed by atoms with Crippen LogP contribution in [0.2, 0.25) is 10.0 Å². The third kappa shape index (κ3) is 8.57. The molecule has 1 aromatic heterocycles. The van der Waals surface area contributed by atoms with Crippen LogP contribution in [0.15, 0.2) is 58.1 Å². The maximum Gasteiger partial charge on any atom is 0.328 e. The van der Waals surface area contributed by atoms with Crippen molar-refractivity contribution in [2.75, 3.05) is 32.7 Å². The van der Waals surface area contributed by atoms with Gasteiger partial charge < -0.3 is 35.0 Å². The molecule has 1 aromatic carbocycles. The minimum Gasteiger partial charge on any atom is -0.545 e. The normalized spacial score (nSPS) is 13.9. The van der Waals surface area contributed by atoms with Crippen molar-refractivity contribution < 1.29 is 19.8 Å². The second kappa shape index (κ2) is 13.2. The van der Waals surface area contributed by atoms with Crippen molar-refractivity contribution in [3.05, 3.63) is 79.4 Å². The quantitative estimate of drug-likeness (QED) is 0.321. The van der Waals surface area contributed by atoms with Crippen molar-refractivity contribution in [3.63, 3.8) is 0 Å². The van der Waals surface area contributed by atoms with Crippen LogP contribution >= 0.6 is 23.2 Å². The van der Waals surface area contributed by atoms with Crippen molar-refractivity contribution in [1.82, 2.24) is 19.8 Å². The van der Waals surface area contributed by atoms with Gasteiger partial charge in [0, 0.05) is 48.3 Å². The summed E-state index contributed by atoms with van der Waals surface area (Å²) >= 11 is 11.6. The van der Waals surface area contributed by atoms with E-state index < -0.39 is 11.9 Å². The molecule has 2 N–H and O–H groups in total. The Morgan fingerprint density at radius 2 is 1.62 bits per heavy atom. The number of hydrogen-bond acceptors (Lipinski definition) is 8. The highest BCUT2D eigenvalue weighted by Gasteiger charge is 2.14. The Kier molecular flexibility index (Phi) is 10.0. The number of aliphatic carboxylic acids is 2. The van der Waals surface area contributed by atoms with Gasteiger partial charge in [-0.05, 0) is 61.0 Å². The Labute approximate surface area is 221 Å². The highest BCUT2D eigenvalue weighted by Crippen LogP contribution is 2.40. The Balaban J connectivity index is 0.000000206. The van der Waals surface area contributed by atoms with Crippen LogP contribution in [0.5, 0.6) is 0 Å². The molecule has 0 unspecified atom stereocenters. The zero-order valence-electron chi connectivity index (χ0n) is 19.7. The lowest BCUT2D eigenvalue weighted by molar-refractivity contribution is -0.301. The Morgan fingerprint density at radius 1 is 0.946 bits per heavy atom. The zero-order chi connectivity index (χ0) is 26.9. The van der Waals surface area contributed by atoms with Gasteiger partial charge in [-0.25, -0.2) is 4.79 Å². The lowest BCUT2D eigenvalue weighted by Crippen LogP contribution is -2.44. The summed E-state index contributed by atoms with van der Waals surface area (Å²) in [6.45, 7) is 5.32. The van der Waals surface area contributed by atoms with Crippen LogP contribution in [0.3, 0.4) is 0 Å². The first kappa shape index (κ1) is 28.1. The number of carbonyl (C=O) groups is 2. The molecule has 0 atom stereocenters. The third-order valence-corrected chi connectivity index (χ3v) is 6.12. The third-order valence-electron chi connectivity index (χ3n) is 5.56. The summed E-state index contributed by atoms with van der Waals surface area (Å²) in [4.78, 5) is 48.4. The average molecular weight is 547 g/mol. The second-order valence-corrected chi connectivity index (χ2v) is 9.03. The van der Waals surface area contributed by atoms with Gasteiger partial charge in [0.1, 0.15) is 0 Å². The lowest BCUT2D eigenvalue weighted by atomic mass is 10.2. The summed E-state index contributed by atoms with van der Waals surface area (Å²) in [6, 6.07) is 10.9. The number of nitrogens with one attached hydrogen (secondary N) is 2. The van der Waals surface area contributed by atoms with Crippen LogP contribution in [0, 0.1) is 0 Å². The molecule has 10 nitrogen and oxygen atoms in total. The van der Waals surface area contributed by atoms with Crippen molar-refractivity contribution in [2.24, 2.45) is 0 Å². The number of benzene rings is 2. The van der Waals surface area contributed by atoms with Crippen molar-refractivity contribution in [2.45, 2.75) is 13.0 Å². The molecule has 2 aliphatic carbocycles. The van der Waals surface area contributed by atoms with Gasteiger partial charge in [0.15, 0.2) is 0 Å². The molecule has 1 aliphatic heterocycles. The van der Waals surface area contributed by atoms with Gasteiger partial charge in [0.25, 0.3) is 5.56 Å². The van der Waals surface area contributed by atoms with E-state index in [0.717, 1.165) is 44.2 Å². The minimum absolute atomic E-state index is 0.276. The van der Waals surface area contributed by atoms with Crippen LogP contribution in [-0.2, 0) is 16.1 Å². The van der Waals surface area contributed by atoms with Crippen molar-refractivity contribution >= 4 is 46.0 Å². The smallest absolute Gasteiger partial charge is 0.328 e. The molecule has 0 radical (unpaired) electrons. The van der Waals surface area contributed by atoms with E-state index >= 15 is 0 Å². The van der Waals surface area contributed by atoms with Crippen LogP contribution in [-0.4, -0.2) is 59.1 Å². The van der Waals surface area contributed by atoms with Gasteiger partial charge >= 0.3 is 5.69 Å². The second-order valence-electron chi connectivity index (χ2n) is 8.19. The fraction of sp³-hybridized carbons (Fsp3) is 0.280. The lowest BCUT2D eigenvalue weighted by Gasteiger charge is -2.27. The highest BCUT2D eigenvalue weighted by atomic mass is 35.5. The molecule has 3 aliphatic rings. The average Bonchev–Trinajstić information content (AvgIpc) is 3.57. The van der Waals surface area contributed by atoms with Gasteiger partial charge in [-0.1, -0.05) is 29.3 Å². The number of piperazine rings is 1. The Morgan fingerprint density at radius 3 is 2.14 bits per heavy atom. The molecule has 0 amide bonds. The number of carboxylic acid groups (broad SMARTS) is 2. The summed E-state index contributed by atoms with van der Waals surface area (Å²) < 4.78 is 1.26. The topological polar surface area (TPSA) is 150 Å². The first-order valence-electron chi connectivity index (χ1n) is 11.4. The number of halogens is 2. The molecule has 5 rings (SSSR count). The highest BCUT2D eigenvalue weighted by molar-refractivity contribution is 6.35. The summed E-state index contributed by atoms with van der Waals surface area (Å²) in [6.07, 6.45) is 1.54. The standard InChI is InChI=1S/C15H19ClN4O2.C6H3Cl.C4H4O4/c16-11-2-3-13-12(10-11)14(21)20(15(22)18-13)7-1-6-19-8-4-17-5-9-19;7-6-2-1-4-3-5(4)6;5-3(6)1-2-4(7)8/h2-3,10,17H,1,4-9H2,(H,18,22);1-3H;1-2H,(H,5,6)(H,7,8)/p-2/b;;2-1-. The molecule has 2 aromatic rings. The predicted molar refractivity (Wildman–Crippen MR) is 137 cm³/mol. The minimum atomic E-state index is -1.55. The Bertz CT molecular complexity index is 1410. The fourth-order valence-electron chi connectivity index (χ4n) is 3.67. The fourth-order valence-corrected chi connectivity index (χ4v) is 4.06. The van der Waals surface area contributed by atoms with Crippen LogP contribution in [0.4, 0.5) is 0 Å². The monoisotopic (exact) mass is 546 g/mol. The van der Waals surface area contributed by atoms with E-state index in [2.05, 4.69) is 21.3 Å². The first-order chi connectivity index (χ1) is 17.7. The maximum atomic E-state index is 12.4. The van der Waals surface area contributed by atoms with E-state index in [1.54, 1.807) is 18.2 Å². The van der Waals surface area contributed by atoms with Crippen LogP contribution in [0.1, 0.15) is 6.42 Å².